The second-order valence-electron chi connectivity index (χ2n) is 7.18. The van der Waals surface area contributed by atoms with Gasteiger partial charge in [-0.1, -0.05) is 19.3 Å². The van der Waals surface area contributed by atoms with Gasteiger partial charge in [0, 0.05) is 23.5 Å². The highest BCUT2D eigenvalue weighted by atomic mass is 16.5. The first-order valence-electron chi connectivity index (χ1n) is 9.25. The summed E-state index contributed by atoms with van der Waals surface area (Å²) in [7, 11) is 0. The van der Waals surface area contributed by atoms with Gasteiger partial charge >= 0.3 is 12.0 Å². The van der Waals surface area contributed by atoms with E-state index >= 15 is 0 Å². The van der Waals surface area contributed by atoms with Crippen LogP contribution in [0.5, 0.6) is 0 Å². The Hall–Kier alpha value is -2.31. The van der Waals surface area contributed by atoms with E-state index in [9.17, 15) is 14.4 Å². The minimum absolute atomic E-state index is 0.112. The van der Waals surface area contributed by atoms with Crippen molar-refractivity contribution in [1.29, 1.82) is 0 Å². The number of aryl methyl sites for hydroxylation is 1. The van der Waals surface area contributed by atoms with Crippen LogP contribution in [0.2, 0.25) is 0 Å². The SMILES string of the molecule is Cc1cc(C(=O)OCC(=O)NC(=O)NC2CCCCC2)c(C)n1C(C)C. The Kier molecular flexibility index (Phi) is 6.83. The van der Waals surface area contributed by atoms with Crippen molar-refractivity contribution in [2.75, 3.05) is 6.61 Å². The minimum atomic E-state index is -0.635. The van der Waals surface area contributed by atoms with E-state index in [-0.39, 0.29) is 12.1 Å². The number of hydrogen-bond acceptors (Lipinski definition) is 4. The second-order valence-corrected chi connectivity index (χ2v) is 7.18. The molecule has 1 aromatic rings. The van der Waals surface area contributed by atoms with Crippen LogP contribution in [-0.4, -0.2) is 35.1 Å². The molecule has 26 heavy (non-hydrogen) atoms. The van der Waals surface area contributed by atoms with Gasteiger partial charge in [-0.3, -0.25) is 10.1 Å². The van der Waals surface area contributed by atoms with Crippen LogP contribution in [0, 0.1) is 13.8 Å². The Morgan fingerprint density at radius 2 is 1.85 bits per heavy atom. The Morgan fingerprint density at radius 1 is 1.19 bits per heavy atom. The number of aromatic nitrogens is 1. The first kappa shape index (κ1) is 20.0. The van der Waals surface area contributed by atoms with E-state index in [4.69, 9.17) is 4.74 Å². The largest absolute Gasteiger partial charge is 0.452 e. The quantitative estimate of drug-likeness (QED) is 0.787. The zero-order valence-corrected chi connectivity index (χ0v) is 16.1. The van der Waals surface area contributed by atoms with Crippen LogP contribution < -0.4 is 10.6 Å². The van der Waals surface area contributed by atoms with Gasteiger partial charge in [-0.15, -0.1) is 0 Å². The van der Waals surface area contributed by atoms with Crippen LogP contribution in [0.25, 0.3) is 0 Å². The number of imide groups is 1. The molecule has 144 valence electrons. The maximum absolute atomic E-state index is 12.2. The molecule has 1 fully saturated rings. The molecular weight excluding hydrogens is 334 g/mol. The number of hydrogen-bond donors (Lipinski definition) is 2. The van der Waals surface area contributed by atoms with Crippen LogP contribution in [0.15, 0.2) is 6.07 Å². The number of nitrogens with zero attached hydrogens (tertiary/aromatic N) is 1. The Balaban J connectivity index is 1.82. The molecule has 0 saturated heterocycles. The monoisotopic (exact) mass is 363 g/mol. The fourth-order valence-corrected chi connectivity index (χ4v) is 3.62. The summed E-state index contributed by atoms with van der Waals surface area (Å²) < 4.78 is 7.10. The summed E-state index contributed by atoms with van der Waals surface area (Å²) in [4.78, 5) is 35.9. The number of amides is 3. The average molecular weight is 363 g/mol. The summed E-state index contributed by atoms with van der Waals surface area (Å²) in [5, 5.41) is 5.00. The summed E-state index contributed by atoms with van der Waals surface area (Å²) in [5.41, 5.74) is 2.20. The highest BCUT2D eigenvalue weighted by molar-refractivity contribution is 5.97. The summed E-state index contributed by atoms with van der Waals surface area (Å²) in [6.45, 7) is 7.36. The summed E-state index contributed by atoms with van der Waals surface area (Å²) in [5.74, 6) is -1.20. The number of nitrogens with one attached hydrogen (secondary N) is 2. The van der Waals surface area contributed by atoms with Crippen molar-refractivity contribution >= 4 is 17.9 Å². The van der Waals surface area contributed by atoms with Gasteiger partial charge in [0.05, 0.1) is 5.56 Å². The van der Waals surface area contributed by atoms with Gasteiger partial charge in [0.1, 0.15) is 0 Å². The van der Waals surface area contributed by atoms with Crippen molar-refractivity contribution in [1.82, 2.24) is 15.2 Å². The van der Waals surface area contributed by atoms with Gasteiger partial charge in [-0.25, -0.2) is 9.59 Å². The molecule has 0 aromatic carbocycles. The summed E-state index contributed by atoms with van der Waals surface area (Å²) >= 11 is 0. The van der Waals surface area contributed by atoms with E-state index in [1.807, 2.05) is 32.3 Å². The normalized spacial score (nSPS) is 15.0. The van der Waals surface area contributed by atoms with Gasteiger partial charge in [0.2, 0.25) is 0 Å². The van der Waals surface area contributed by atoms with Crippen LogP contribution in [0.4, 0.5) is 4.79 Å². The predicted molar refractivity (Wildman–Crippen MR) is 98.1 cm³/mol. The molecule has 1 aromatic heterocycles. The predicted octanol–water partition coefficient (Wildman–Crippen LogP) is 3.00. The lowest BCUT2D eigenvalue weighted by Crippen LogP contribution is -2.46. The highest BCUT2D eigenvalue weighted by Gasteiger charge is 2.20. The molecule has 1 aliphatic rings. The van der Waals surface area contributed by atoms with Crippen molar-refractivity contribution in [3.8, 4) is 0 Å². The fraction of sp³-hybridized carbons (Fsp3) is 0.632. The van der Waals surface area contributed by atoms with Crippen molar-refractivity contribution in [2.45, 2.75) is 71.9 Å². The molecular formula is C19H29N3O4. The number of rotatable bonds is 5. The summed E-state index contributed by atoms with van der Waals surface area (Å²) in [6.07, 6.45) is 5.23. The number of esters is 1. The maximum Gasteiger partial charge on any atom is 0.340 e. The van der Waals surface area contributed by atoms with Crippen LogP contribution in [0.3, 0.4) is 0 Å². The molecule has 7 nitrogen and oxygen atoms in total. The molecule has 1 heterocycles. The molecule has 3 amide bonds. The molecule has 2 rings (SSSR count). The van der Waals surface area contributed by atoms with E-state index < -0.39 is 24.5 Å². The zero-order chi connectivity index (χ0) is 19.3. The first-order chi connectivity index (χ1) is 12.3. The van der Waals surface area contributed by atoms with Crippen LogP contribution in [0.1, 0.15) is 73.7 Å². The second kappa shape index (κ2) is 8.87. The van der Waals surface area contributed by atoms with Crippen LogP contribution in [-0.2, 0) is 9.53 Å². The lowest BCUT2D eigenvalue weighted by Gasteiger charge is -2.22. The van der Waals surface area contributed by atoms with Gasteiger partial charge < -0.3 is 14.6 Å². The molecule has 0 radical (unpaired) electrons. The number of carbonyl (C=O) groups excluding carboxylic acids is 3. The lowest BCUT2D eigenvalue weighted by molar-refractivity contribution is -0.123. The van der Waals surface area contributed by atoms with Crippen LogP contribution >= 0.6 is 0 Å². The molecule has 0 bridgehead atoms. The Morgan fingerprint density at radius 3 is 2.42 bits per heavy atom. The van der Waals surface area contributed by atoms with Crippen molar-refractivity contribution < 1.29 is 19.1 Å². The third kappa shape index (κ3) is 5.09. The average Bonchev–Trinajstić information content (AvgIpc) is 2.88. The number of ether oxygens (including phenoxy) is 1. The molecule has 7 heteroatoms. The molecule has 0 aliphatic heterocycles. The van der Waals surface area contributed by atoms with E-state index in [1.165, 1.54) is 6.42 Å². The maximum atomic E-state index is 12.2. The summed E-state index contributed by atoms with van der Waals surface area (Å²) in [6, 6.07) is 1.56. The Bertz CT molecular complexity index is 673. The molecule has 1 saturated carbocycles. The first-order valence-corrected chi connectivity index (χ1v) is 9.25. The molecule has 0 unspecified atom stereocenters. The molecule has 1 aliphatic carbocycles. The van der Waals surface area contributed by atoms with E-state index in [0.29, 0.717) is 5.56 Å². The van der Waals surface area contributed by atoms with E-state index in [1.54, 1.807) is 6.07 Å². The smallest absolute Gasteiger partial charge is 0.340 e. The highest BCUT2D eigenvalue weighted by Crippen LogP contribution is 2.20. The van der Waals surface area contributed by atoms with Gasteiger partial charge in [0.15, 0.2) is 6.61 Å². The zero-order valence-electron chi connectivity index (χ0n) is 16.1. The van der Waals surface area contributed by atoms with Crippen molar-refractivity contribution in [3.63, 3.8) is 0 Å². The molecule has 0 atom stereocenters. The molecule has 2 N–H and O–H groups in total. The molecule has 0 spiro atoms. The number of urea groups is 1. The Labute approximate surface area is 154 Å². The van der Waals surface area contributed by atoms with E-state index in [2.05, 4.69) is 10.6 Å². The fourth-order valence-electron chi connectivity index (χ4n) is 3.62. The van der Waals surface area contributed by atoms with E-state index in [0.717, 1.165) is 37.1 Å². The van der Waals surface area contributed by atoms with Gasteiger partial charge in [-0.2, -0.15) is 0 Å². The van der Waals surface area contributed by atoms with Crippen molar-refractivity contribution in [3.05, 3.63) is 23.0 Å². The lowest BCUT2D eigenvalue weighted by atomic mass is 9.96. The third-order valence-corrected chi connectivity index (χ3v) is 4.75. The third-order valence-electron chi connectivity index (χ3n) is 4.75. The van der Waals surface area contributed by atoms with Gasteiger partial charge in [-0.05, 0) is 46.6 Å². The van der Waals surface area contributed by atoms with Crippen molar-refractivity contribution in [2.24, 2.45) is 0 Å². The minimum Gasteiger partial charge on any atom is -0.452 e. The number of carbonyl (C=O) groups is 3. The van der Waals surface area contributed by atoms with Gasteiger partial charge in [0.25, 0.3) is 5.91 Å². The standard InChI is InChI=1S/C19H29N3O4/c1-12(2)22-13(3)10-16(14(22)4)18(24)26-11-17(23)21-19(25)20-15-8-6-5-7-9-15/h10,12,15H,5-9,11H2,1-4H3,(H2,20,21,23,25). The topological polar surface area (TPSA) is 89.4 Å².